The molecule has 0 unspecified atom stereocenters. The Balaban J connectivity index is 1.23. The van der Waals surface area contributed by atoms with Crippen LogP contribution in [0.1, 0.15) is 28.6 Å². The molecule has 3 N–H and O–H groups in total. The molecule has 0 aliphatic carbocycles. The average Bonchev–Trinajstić information content (AvgIpc) is 3.46. The van der Waals surface area contributed by atoms with Crippen molar-refractivity contribution in [2.45, 2.75) is 17.4 Å². The molecule has 3 aromatic carbocycles. The lowest BCUT2D eigenvalue weighted by molar-refractivity contribution is -0.387. The van der Waals surface area contributed by atoms with Gasteiger partial charge in [-0.05, 0) is 48.9 Å². The summed E-state index contributed by atoms with van der Waals surface area (Å²) in [4.78, 5) is 25.3. The number of nitrogens with two attached hydrogens (primary N) is 1. The predicted molar refractivity (Wildman–Crippen MR) is 164 cm³/mol. The number of hydrogen-bond donors (Lipinski definition) is 2. The zero-order valence-corrected chi connectivity index (χ0v) is 25.1. The third kappa shape index (κ3) is 5.68. The van der Waals surface area contributed by atoms with Crippen molar-refractivity contribution in [1.82, 2.24) is 19.0 Å². The number of fused-ring (bicyclic) bond motifs is 1. The summed E-state index contributed by atoms with van der Waals surface area (Å²) in [6.07, 6.45) is 0.671. The minimum Gasteiger partial charge on any atom is -0.493 e. The van der Waals surface area contributed by atoms with Gasteiger partial charge in [0.05, 0.1) is 29.4 Å². The van der Waals surface area contributed by atoms with Crippen LogP contribution in [-0.2, 0) is 10.0 Å². The van der Waals surface area contributed by atoms with Crippen molar-refractivity contribution in [3.05, 3.63) is 94.3 Å². The number of nitro groups is 1. The molecular weight excluding hydrogens is 602 g/mol. The van der Waals surface area contributed by atoms with Crippen LogP contribution in [0.3, 0.4) is 0 Å². The number of hydrogen-bond acceptors (Lipinski definition) is 10. The van der Waals surface area contributed by atoms with Crippen molar-refractivity contribution in [3.8, 4) is 22.9 Å². The summed E-state index contributed by atoms with van der Waals surface area (Å²) in [6, 6.07) is 19.5. The third-order valence-electron chi connectivity index (χ3n) is 7.95. The van der Waals surface area contributed by atoms with E-state index in [4.69, 9.17) is 20.3 Å². The molecule has 0 bridgehead atoms. The maximum absolute atomic E-state index is 13.3. The maximum atomic E-state index is 13.3. The fourth-order valence-electron chi connectivity index (χ4n) is 5.79. The number of amides is 1. The zero-order chi connectivity index (χ0) is 31.7. The highest BCUT2D eigenvalue weighted by Crippen LogP contribution is 2.38. The van der Waals surface area contributed by atoms with Crippen molar-refractivity contribution in [2.24, 2.45) is 5.73 Å². The Kier molecular flexibility index (Phi) is 8.14. The van der Waals surface area contributed by atoms with Crippen molar-refractivity contribution in [3.63, 3.8) is 0 Å². The van der Waals surface area contributed by atoms with Gasteiger partial charge in [0.1, 0.15) is 11.4 Å². The van der Waals surface area contributed by atoms with E-state index in [0.717, 1.165) is 0 Å². The highest BCUT2D eigenvalue weighted by atomic mass is 32.2. The first-order valence-electron chi connectivity index (χ1n) is 14.2. The highest BCUT2D eigenvalue weighted by Gasteiger charge is 2.38. The number of nitrogens with zero attached hydrogens (tertiary/aromatic N) is 5. The molecular formula is C30H31N7O7S. The second kappa shape index (κ2) is 12.2. The lowest BCUT2D eigenvalue weighted by atomic mass is 10.0. The Bertz CT molecular complexity index is 1850. The first-order valence-corrected chi connectivity index (χ1v) is 15.7. The summed E-state index contributed by atoms with van der Waals surface area (Å²) in [5.74, 6) is 1.06. The first kappa shape index (κ1) is 30.1. The van der Waals surface area contributed by atoms with E-state index in [1.807, 2.05) is 12.1 Å². The van der Waals surface area contributed by atoms with Gasteiger partial charge in [-0.2, -0.15) is 9.40 Å². The smallest absolute Gasteiger partial charge is 0.289 e. The van der Waals surface area contributed by atoms with E-state index in [0.29, 0.717) is 60.4 Å². The minimum atomic E-state index is -4.08. The van der Waals surface area contributed by atoms with Crippen LogP contribution in [-0.4, -0.2) is 78.1 Å². The molecule has 2 aliphatic heterocycles. The topological polar surface area (TPSA) is 175 Å². The number of carbonyl (C=O) groups excluding carboxylic acids is 1. The number of rotatable bonds is 9. The number of piperazine rings is 1. The third-order valence-corrected chi connectivity index (χ3v) is 9.90. The van der Waals surface area contributed by atoms with E-state index < -0.39 is 26.5 Å². The second-order valence-electron chi connectivity index (χ2n) is 10.5. The number of benzene rings is 3. The van der Waals surface area contributed by atoms with Gasteiger partial charge in [0, 0.05) is 38.8 Å². The van der Waals surface area contributed by atoms with Crippen molar-refractivity contribution >= 4 is 27.3 Å². The van der Waals surface area contributed by atoms with E-state index >= 15 is 0 Å². The largest absolute Gasteiger partial charge is 0.493 e. The maximum Gasteiger partial charge on any atom is 0.289 e. The van der Waals surface area contributed by atoms with Crippen molar-refractivity contribution < 1.29 is 27.6 Å². The molecule has 1 atom stereocenters. The molecule has 15 heteroatoms. The van der Waals surface area contributed by atoms with Crippen LogP contribution in [0.4, 0.5) is 11.4 Å². The van der Waals surface area contributed by atoms with Crippen LogP contribution in [0, 0.1) is 10.1 Å². The van der Waals surface area contributed by atoms with E-state index in [-0.39, 0.29) is 29.7 Å². The van der Waals surface area contributed by atoms with Crippen LogP contribution in [0.25, 0.3) is 5.69 Å². The lowest BCUT2D eigenvalue weighted by Crippen LogP contribution is -2.50. The van der Waals surface area contributed by atoms with Crippen molar-refractivity contribution in [2.75, 3.05) is 45.2 Å². The summed E-state index contributed by atoms with van der Waals surface area (Å²) in [6.45, 7) is 1.59. The number of anilines is 1. The van der Waals surface area contributed by atoms with Gasteiger partial charge in [-0.3, -0.25) is 19.8 Å². The molecule has 6 rings (SSSR count). The number of nitro benzene ring substituents is 1. The summed E-state index contributed by atoms with van der Waals surface area (Å²) in [7, 11) is -2.51. The van der Waals surface area contributed by atoms with E-state index in [1.54, 1.807) is 43.5 Å². The molecule has 1 fully saturated rings. The SMILES string of the molecule is COc1ccccc1Oc1ccc(-n2nc3c(c2C(N)=O)NCC[C@H]3N2CCN(S(=O)(=O)c3ccccc3[N+](=O)[O-])CC2)cc1. The molecule has 2 aliphatic rings. The van der Waals surface area contributed by atoms with Crippen molar-refractivity contribution in [1.29, 1.82) is 0 Å². The van der Waals surface area contributed by atoms with Gasteiger partial charge in [-0.15, -0.1) is 0 Å². The molecule has 3 heterocycles. The number of carbonyl (C=O) groups is 1. The van der Waals surface area contributed by atoms with Gasteiger partial charge in [-0.25, -0.2) is 13.1 Å². The standard InChI is InChI=1S/C30H31N7O7S/c1-43-24-7-3-4-8-25(24)44-21-12-10-20(11-13-21)36-29(30(31)38)28-27(33-36)23(14-15-32-28)34-16-18-35(19-17-34)45(41,42)26-9-5-2-6-22(26)37(39)40/h2-13,23,32H,14-19H2,1H3,(H2,31,38)/t23-/m1/s1. The van der Waals surface area contributed by atoms with Gasteiger partial charge in [0.15, 0.2) is 22.1 Å². The predicted octanol–water partition coefficient (Wildman–Crippen LogP) is 3.54. The Labute approximate surface area is 259 Å². The van der Waals surface area contributed by atoms with Crippen LogP contribution in [0.5, 0.6) is 17.2 Å². The molecule has 0 radical (unpaired) electrons. The van der Waals surface area contributed by atoms with Crippen LogP contribution >= 0.6 is 0 Å². The van der Waals surface area contributed by atoms with E-state index in [9.17, 15) is 23.3 Å². The minimum absolute atomic E-state index is 0.144. The number of ether oxygens (including phenoxy) is 2. The summed E-state index contributed by atoms with van der Waals surface area (Å²) in [5, 5.41) is 19.6. The summed E-state index contributed by atoms with van der Waals surface area (Å²) < 4.78 is 40.8. The average molecular weight is 634 g/mol. The van der Waals surface area contributed by atoms with Gasteiger partial charge in [0.2, 0.25) is 10.0 Å². The second-order valence-corrected chi connectivity index (χ2v) is 12.4. The molecule has 4 aromatic rings. The highest BCUT2D eigenvalue weighted by molar-refractivity contribution is 7.89. The molecule has 1 saturated heterocycles. The number of aromatic nitrogens is 2. The number of sulfonamides is 1. The molecule has 1 amide bonds. The van der Waals surface area contributed by atoms with Crippen LogP contribution in [0.15, 0.2) is 77.7 Å². The monoisotopic (exact) mass is 633 g/mol. The molecule has 45 heavy (non-hydrogen) atoms. The van der Waals surface area contributed by atoms with Crippen LogP contribution in [0.2, 0.25) is 0 Å². The lowest BCUT2D eigenvalue weighted by Gasteiger charge is -2.39. The fraction of sp³-hybridized carbons (Fsp3) is 0.267. The number of nitrogens with one attached hydrogen (secondary N) is 1. The Morgan fingerprint density at radius 1 is 1.00 bits per heavy atom. The molecule has 234 valence electrons. The number of primary amides is 1. The van der Waals surface area contributed by atoms with Crippen LogP contribution < -0.4 is 20.5 Å². The number of para-hydroxylation sites is 3. The molecule has 1 aromatic heterocycles. The summed E-state index contributed by atoms with van der Waals surface area (Å²) in [5.41, 5.74) is 7.40. The Morgan fingerprint density at radius 2 is 1.67 bits per heavy atom. The summed E-state index contributed by atoms with van der Waals surface area (Å²) >= 11 is 0. The molecule has 14 nitrogen and oxygen atoms in total. The van der Waals surface area contributed by atoms with E-state index in [2.05, 4.69) is 10.2 Å². The Hall–Kier alpha value is -4.99. The zero-order valence-electron chi connectivity index (χ0n) is 24.3. The van der Waals surface area contributed by atoms with Gasteiger partial charge < -0.3 is 20.5 Å². The molecule has 0 saturated carbocycles. The van der Waals surface area contributed by atoms with Gasteiger partial charge in [-0.1, -0.05) is 24.3 Å². The fourth-order valence-corrected chi connectivity index (χ4v) is 7.37. The van der Waals surface area contributed by atoms with Gasteiger partial charge >= 0.3 is 0 Å². The quantitative estimate of drug-likeness (QED) is 0.205. The normalized spacial score (nSPS) is 17.2. The first-order chi connectivity index (χ1) is 21.7. The Morgan fingerprint density at radius 3 is 2.33 bits per heavy atom. The van der Waals surface area contributed by atoms with E-state index in [1.165, 1.54) is 33.3 Å². The van der Waals surface area contributed by atoms with Gasteiger partial charge in [0.25, 0.3) is 11.6 Å². The number of methoxy groups -OCH3 is 1. The molecule has 0 spiro atoms.